The molecule has 0 saturated carbocycles. The number of carbonyl (C=O) groups is 1. The number of anilines is 1. The summed E-state index contributed by atoms with van der Waals surface area (Å²) in [7, 11) is 0. The molecular formula is C29H36N2O2. The molecule has 0 fully saturated rings. The van der Waals surface area contributed by atoms with Gasteiger partial charge in [0, 0.05) is 11.1 Å². The molecule has 0 radical (unpaired) electrons. The maximum atomic E-state index is 12.8. The smallest absolute Gasteiger partial charge is 0.319 e. The van der Waals surface area contributed by atoms with Crippen LogP contribution < -0.4 is 15.4 Å². The van der Waals surface area contributed by atoms with E-state index in [2.05, 4.69) is 56.5 Å². The maximum absolute atomic E-state index is 12.8. The number of hydrogen-bond acceptors (Lipinski definition) is 2. The quantitative estimate of drug-likeness (QED) is 0.401. The summed E-state index contributed by atoms with van der Waals surface area (Å²) < 4.78 is 6.15. The van der Waals surface area contributed by atoms with Gasteiger partial charge in [0.2, 0.25) is 0 Å². The average molecular weight is 445 g/mol. The van der Waals surface area contributed by atoms with E-state index in [1.807, 2.05) is 69.3 Å². The summed E-state index contributed by atoms with van der Waals surface area (Å²) in [6.07, 6.45) is 0. The number of rotatable bonds is 6. The Kier molecular flexibility index (Phi) is 7.47. The molecule has 0 bridgehead atoms. The number of para-hydroxylation sites is 1. The second-order valence-electron chi connectivity index (χ2n) is 10.1. The van der Waals surface area contributed by atoms with Crippen LogP contribution in [0.5, 0.6) is 11.5 Å². The third-order valence-corrected chi connectivity index (χ3v) is 5.35. The van der Waals surface area contributed by atoms with Crippen molar-refractivity contribution in [1.29, 1.82) is 0 Å². The van der Waals surface area contributed by atoms with E-state index in [4.69, 9.17) is 4.74 Å². The molecule has 0 spiro atoms. The van der Waals surface area contributed by atoms with Crippen molar-refractivity contribution in [2.24, 2.45) is 0 Å². The molecule has 3 aromatic rings. The highest BCUT2D eigenvalue weighted by molar-refractivity contribution is 5.96. The van der Waals surface area contributed by atoms with Crippen LogP contribution in [0.3, 0.4) is 0 Å². The lowest BCUT2D eigenvalue weighted by molar-refractivity contribution is 0.244. The molecule has 0 aliphatic heterocycles. The second kappa shape index (κ2) is 10.1. The molecule has 0 atom stereocenters. The highest BCUT2D eigenvalue weighted by Crippen LogP contribution is 2.41. The minimum absolute atomic E-state index is 0.228. The van der Waals surface area contributed by atoms with Crippen LogP contribution in [0.25, 0.3) is 11.1 Å². The monoisotopic (exact) mass is 444 g/mol. The summed E-state index contributed by atoms with van der Waals surface area (Å²) in [6.45, 7) is 14.7. The van der Waals surface area contributed by atoms with E-state index in [0.717, 1.165) is 28.3 Å². The zero-order chi connectivity index (χ0) is 24.2. The molecule has 0 unspecified atom stereocenters. The lowest BCUT2D eigenvalue weighted by atomic mass is 9.84. The van der Waals surface area contributed by atoms with E-state index >= 15 is 0 Å². The first-order chi connectivity index (χ1) is 15.5. The van der Waals surface area contributed by atoms with Gasteiger partial charge in [0.1, 0.15) is 11.5 Å². The summed E-state index contributed by atoms with van der Waals surface area (Å²) in [5.74, 6) is 2.16. The van der Waals surface area contributed by atoms with Gasteiger partial charge < -0.3 is 15.4 Å². The van der Waals surface area contributed by atoms with Gasteiger partial charge in [-0.05, 0) is 79.6 Å². The van der Waals surface area contributed by atoms with E-state index in [1.54, 1.807) is 0 Å². The lowest BCUT2D eigenvalue weighted by Gasteiger charge is -2.24. The van der Waals surface area contributed by atoms with E-state index in [9.17, 15) is 4.79 Å². The number of amides is 2. The summed E-state index contributed by atoms with van der Waals surface area (Å²) in [6, 6.07) is 21.8. The second-order valence-corrected chi connectivity index (χ2v) is 10.1. The Hall–Kier alpha value is -3.27. The molecule has 3 rings (SSSR count). The number of benzene rings is 3. The van der Waals surface area contributed by atoms with Gasteiger partial charge in [-0.15, -0.1) is 0 Å². The number of carbonyl (C=O) groups excluding carboxylic acids is 1. The van der Waals surface area contributed by atoms with Crippen LogP contribution in [0.15, 0.2) is 66.7 Å². The molecule has 4 heteroatoms. The maximum Gasteiger partial charge on any atom is 0.319 e. The summed E-state index contributed by atoms with van der Waals surface area (Å²) in [5.41, 5.74) is 5.04. The van der Waals surface area contributed by atoms with Crippen molar-refractivity contribution in [3.63, 3.8) is 0 Å². The lowest BCUT2D eigenvalue weighted by Crippen LogP contribution is -2.43. The van der Waals surface area contributed by atoms with Gasteiger partial charge in [-0.3, -0.25) is 0 Å². The third-order valence-electron chi connectivity index (χ3n) is 5.35. The van der Waals surface area contributed by atoms with Crippen molar-refractivity contribution in [2.75, 3.05) is 5.32 Å². The minimum Gasteiger partial charge on any atom is -0.457 e. The molecule has 0 aromatic heterocycles. The number of urea groups is 1. The summed E-state index contributed by atoms with van der Waals surface area (Å²) in [4.78, 5) is 12.8. The molecule has 0 saturated heterocycles. The molecule has 0 aliphatic rings. The molecule has 174 valence electrons. The van der Waals surface area contributed by atoms with E-state index in [-0.39, 0.29) is 11.6 Å². The van der Waals surface area contributed by atoms with Gasteiger partial charge in [0.15, 0.2) is 0 Å². The molecule has 0 heterocycles. The third kappa shape index (κ3) is 6.38. The van der Waals surface area contributed by atoms with Gasteiger partial charge in [-0.25, -0.2) is 4.79 Å². The van der Waals surface area contributed by atoms with Crippen molar-refractivity contribution >= 4 is 11.7 Å². The summed E-state index contributed by atoms with van der Waals surface area (Å²) >= 11 is 0. The first-order valence-corrected chi connectivity index (χ1v) is 11.6. The predicted molar refractivity (Wildman–Crippen MR) is 138 cm³/mol. The van der Waals surface area contributed by atoms with E-state index in [0.29, 0.717) is 11.8 Å². The van der Waals surface area contributed by atoms with E-state index < -0.39 is 0 Å². The fourth-order valence-electron chi connectivity index (χ4n) is 3.88. The van der Waals surface area contributed by atoms with E-state index in [1.165, 1.54) is 11.1 Å². The van der Waals surface area contributed by atoms with Gasteiger partial charge >= 0.3 is 6.03 Å². The van der Waals surface area contributed by atoms with Crippen LogP contribution in [0.2, 0.25) is 0 Å². The standard InChI is InChI=1S/C29H36N2O2/c1-19(2)23-14-11-15-24(20(3)4)27(23)25-18-22(33-21-12-9-8-10-13-21)16-17-26(25)30-28(32)31-29(5,6)7/h8-20H,1-7H3,(H2,30,31,32). The van der Waals surface area contributed by atoms with Crippen LogP contribution in [-0.4, -0.2) is 11.6 Å². The van der Waals surface area contributed by atoms with Gasteiger partial charge in [-0.1, -0.05) is 64.1 Å². The van der Waals surface area contributed by atoms with Crippen LogP contribution >= 0.6 is 0 Å². The molecule has 0 aliphatic carbocycles. The van der Waals surface area contributed by atoms with Crippen LogP contribution in [0.4, 0.5) is 10.5 Å². The van der Waals surface area contributed by atoms with Crippen molar-refractivity contribution < 1.29 is 9.53 Å². The van der Waals surface area contributed by atoms with Crippen molar-refractivity contribution in [2.45, 2.75) is 65.8 Å². The topological polar surface area (TPSA) is 50.4 Å². The average Bonchev–Trinajstić information content (AvgIpc) is 2.73. The first-order valence-electron chi connectivity index (χ1n) is 11.6. The van der Waals surface area contributed by atoms with Crippen LogP contribution in [0.1, 0.15) is 71.4 Å². The Labute approximate surface area is 198 Å². The zero-order valence-electron chi connectivity index (χ0n) is 20.8. The first kappa shape index (κ1) is 24.4. The van der Waals surface area contributed by atoms with Crippen molar-refractivity contribution in [3.05, 3.63) is 77.9 Å². The summed E-state index contributed by atoms with van der Waals surface area (Å²) in [5, 5.41) is 6.08. The molecule has 2 N–H and O–H groups in total. The normalized spacial score (nSPS) is 11.5. The van der Waals surface area contributed by atoms with Crippen LogP contribution in [0, 0.1) is 0 Å². The highest BCUT2D eigenvalue weighted by atomic mass is 16.5. The van der Waals surface area contributed by atoms with Crippen molar-refractivity contribution in [1.82, 2.24) is 5.32 Å². The van der Waals surface area contributed by atoms with Crippen LogP contribution in [-0.2, 0) is 0 Å². The molecule has 2 amide bonds. The molecule has 33 heavy (non-hydrogen) atoms. The molecular weight excluding hydrogens is 408 g/mol. The fraction of sp³-hybridized carbons (Fsp3) is 0.345. The Bertz CT molecular complexity index is 1070. The minimum atomic E-state index is -0.334. The SMILES string of the molecule is CC(C)c1cccc(C(C)C)c1-c1cc(Oc2ccccc2)ccc1NC(=O)NC(C)(C)C. The predicted octanol–water partition coefficient (Wildman–Crippen LogP) is 8.31. The highest BCUT2D eigenvalue weighted by Gasteiger charge is 2.21. The Morgan fingerprint density at radius 1 is 0.788 bits per heavy atom. The van der Waals surface area contributed by atoms with Crippen molar-refractivity contribution in [3.8, 4) is 22.6 Å². The van der Waals surface area contributed by atoms with Gasteiger partial charge in [0.05, 0.1) is 5.69 Å². The Morgan fingerprint density at radius 2 is 1.39 bits per heavy atom. The number of nitrogens with one attached hydrogen (secondary N) is 2. The molecule has 4 nitrogen and oxygen atoms in total. The largest absolute Gasteiger partial charge is 0.457 e. The van der Waals surface area contributed by atoms with Gasteiger partial charge in [0.25, 0.3) is 0 Å². The molecule has 3 aromatic carbocycles. The Morgan fingerprint density at radius 3 is 1.94 bits per heavy atom. The zero-order valence-corrected chi connectivity index (χ0v) is 20.8. The fourth-order valence-corrected chi connectivity index (χ4v) is 3.88. The number of hydrogen-bond donors (Lipinski definition) is 2. The Balaban J connectivity index is 2.16. The van der Waals surface area contributed by atoms with Gasteiger partial charge in [-0.2, -0.15) is 0 Å². The number of ether oxygens (including phenoxy) is 1.